The molecule has 0 radical (unpaired) electrons. The van der Waals surface area contributed by atoms with Crippen LogP contribution in [0.4, 0.5) is 0 Å². The van der Waals surface area contributed by atoms with Crippen LogP contribution < -0.4 is 0 Å². The van der Waals surface area contributed by atoms with Crippen LogP contribution in [0.15, 0.2) is 0 Å². The van der Waals surface area contributed by atoms with E-state index in [1.54, 1.807) is 0 Å². The van der Waals surface area contributed by atoms with Crippen LogP contribution >= 0.6 is 7.82 Å². The first-order chi connectivity index (χ1) is 4.91. The molecule has 0 unspecified atom stereocenters. The van der Waals surface area contributed by atoms with Crippen LogP contribution in [0.2, 0.25) is 0 Å². The number of unbranched alkanes of at least 4 members (excludes halogenated alkanes) is 3. The first kappa shape index (κ1) is 19.1. The molecule has 0 heterocycles. The molecule has 0 aliphatic heterocycles. The molecule has 0 spiro atoms. The average Bonchev–Trinajstić information content (AvgIpc) is 1.79. The average molecular weight is 327 g/mol. The van der Waals surface area contributed by atoms with Crippen molar-refractivity contribution < 1.29 is 60.1 Å². The Labute approximate surface area is 107 Å². The minimum absolute atomic E-state index is 0. The van der Waals surface area contributed by atoms with Crippen LogP contribution in [0.3, 0.4) is 0 Å². The quantitative estimate of drug-likeness (QED) is 0.417. The van der Waals surface area contributed by atoms with Gasteiger partial charge in [-0.1, -0.05) is 26.2 Å². The summed E-state index contributed by atoms with van der Waals surface area (Å²) in [5.74, 6) is 0. The Morgan fingerprint density at radius 3 is 1.67 bits per heavy atom. The van der Waals surface area contributed by atoms with E-state index in [1.165, 1.54) is 19.3 Å². The normalized spacial score (nSPS) is 9.42. The molecule has 0 aliphatic carbocycles. The summed E-state index contributed by atoms with van der Waals surface area (Å²) >= 11 is 0. The van der Waals surface area contributed by atoms with E-state index in [1.807, 2.05) is 0 Å². The minimum Gasteiger partial charge on any atom is -0.343 e. The van der Waals surface area contributed by atoms with E-state index in [9.17, 15) is 0 Å². The van der Waals surface area contributed by atoms with Crippen LogP contribution in [0.1, 0.15) is 32.6 Å². The molecule has 0 amide bonds. The molecule has 12 heavy (non-hydrogen) atoms. The van der Waals surface area contributed by atoms with Gasteiger partial charge in [-0.2, -0.15) is 6.42 Å². The van der Waals surface area contributed by atoms with Crippen LogP contribution in [-0.4, -0.2) is 14.7 Å². The maximum Gasteiger partial charge on any atom is 0.466 e. The van der Waals surface area contributed by atoms with Gasteiger partial charge in [-0.05, 0) is 0 Å². The fourth-order valence-corrected chi connectivity index (χ4v) is 0.427. The van der Waals surface area contributed by atoms with E-state index in [0.29, 0.717) is 0 Å². The Bertz CT molecular complexity index is 102. The molecule has 0 saturated carbocycles. The zero-order valence-corrected chi connectivity index (χ0v) is 11.3. The van der Waals surface area contributed by atoms with Gasteiger partial charge in [0, 0.05) is 40.8 Å². The van der Waals surface area contributed by atoms with Crippen molar-refractivity contribution in [2.75, 3.05) is 0 Å². The van der Waals surface area contributed by atoms with Crippen molar-refractivity contribution in [2.45, 2.75) is 32.6 Å². The van der Waals surface area contributed by atoms with Gasteiger partial charge in [-0.25, -0.2) is 4.57 Å². The van der Waals surface area contributed by atoms with Crippen molar-refractivity contribution in [3.8, 4) is 0 Å². The summed E-state index contributed by atoms with van der Waals surface area (Å²) < 4.78 is 8.88. The molecule has 0 aromatic carbocycles. The van der Waals surface area contributed by atoms with Gasteiger partial charge in [0.25, 0.3) is 0 Å². The van der Waals surface area contributed by atoms with Crippen molar-refractivity contribution in [1.29, 1.82) is 0 Å². The molecule has 0 aromatic heterocycles. The molecule has 0 fully saturated rings. The number of phosphoric acid groups is 1. The fourth-order valence-electron chi connectivity index (χ4n) is 0.427. The molecule has 0 aromatic rings. The van der Waals surface area contributed by atoms with Crippen LogP contribution in [-0.2, 0) is 4.57 Å². The molecule has 0 saturated heterocycles. The Hall–Kier alpha value is 1.46. The standard InChI is InChI=1S/C6H13.Nd.H3O4P/c1-3-5-6-4-2;;1-5(2,3)4/h1,3-6H2,2H3;;(H3,1,2,3,4)/q-1;;. The van der Waals surface area contributed by atoms with E-state index in [2.05, 4.69) is 13.8 Å². The summed E-state index contributed by atoms with van der Waals surface area (Å²) in [6.07, 6.45) is 5.07. The number of hydrogen-bond acceptors (Lipinski definition) is 1. The molecule has 74 valence electrons. The molecular weight excluding hydrogens is 311 g/mol. The SMILES string of the molecule is O=P(O)(O)O.[CH2-]CCCCC.[Nd]. The summed E-state index contributed by atoms with van der Waals surface area (Å²) in [7, 11) is -4.64. The van der Waals surface area contributed by atoms with Crippen LogP contribution in [0, 0.1) is 47.8 Å². The second-order valence-electron chi connectivity index (χ2n) is 2.07. The monoisotopic (exact) mass is 325 g/mol. The molecule has 6 heteroatoms. The minimum atomic E-state index is -4.64. The van der Waals surface area contributed by atoms with Crippen LogP contribution in [0.5, 0.6) is 0 Å². The van der Waals surface area contributed by atoms with E-state index < -0.39 is 7.82 Å². The smallest absolute Gasteiger partial charge is 0.343 e. The summed E-state index contributed by atoms with van der Waals surface area (Å²) in [6.45, 7) is 5.93. The van der Waals surface area contributed by atoms with Gasteiger partial charge < -0.3 is 21.6 Å². The predicted molar refractivity (Wildman–Crippen MR) is 43.8 cm³/mol. The van der Waals surface area contributed by atoms with Crippen molar-refractivity contribution in [2.24, 2.45) is 0 Å². The zero-order valence-electron chi connectivity index (χ0n) is 7.23. The largest absolute Gasteiger partial charge is 0.466 e. The first-order valence-electron chi connectivity index (χ1n) is 3.49. The van der Waals surface area contributed by atoms with E-state index in [0.717, 1.165) is 6.42 Å². The third-order valence-electron chi connectivity index (χ3n) is 0.854. The van der Waals surface area contributed by atoms with Crippen molar-refractivity contribution in [1.82, 2.24) is 0 Å². The zero-order chi connectivity index (χ0) is 9.33. The van der Waals surface area contributed by atoms with Gasteiger partial charge in [0.15, 0.2) is 0 Å². The van der Waals surface area contributed by atoms with Gasteiger partial charge in [0.05, 0.1) is 0 Å². The second-order valence-corrected chi connectivity index (χ2v) is 3.10. The third kappa shape index (κ3) is 63.0. The molecule has 0 atom stereocenters. The van der Waals surface area contributed by atoms with E-state index >= 15 is 0 Å². The van der Waals surface area contributed by atoms with Gasteiger partial charge in [-0.3, -0.25) is 0 Å². The number of hydrogen-bond donors (Lipinski definition) is 3. The Morgan fingerprint density at radius 2 is 1.58 bits per heavy atom. The molecular formula is C6H16NdO4P-. The first-order valence-corrected chi connectivity index (χ1v) is 5.05. The Kier molecular flexibility index (Phi) is 19.8. The van der Waals surface area contributed by atoms with Gasteiger partial charge in [0.1, 0.15) is 0 Å². The molecule has 0 aliphatic rings. The molecule has 0 bridgehead atoms. The maximum absolute atomic E-state index is 8.88. The summed E-state index contributed by atoms with van der Waals surface area (Å²) in [5, 5.41) is 0. The topological polar surface area (TPSA) is 77.8 Å². The molecule has 4 nitrogen and oxygen atoms in total. The molecule has 0 rings (SSSR count). The maximum atomic E-state index is 8.88. The second kappa shape index (κ2) is 12.5. The Morgan fingerprint density at radius 1 is 1.25 bits per heavy atom. The third-order valence-corrected chi connectivity index (χ3v) is 0.854. The predicted octanol–water partition coefficient (Wildman–Crippen LogP) is 1.47. The van der Waals surface area contributed by atoms with E-state index in [-0.39, 0.29) is 40.8 Å². The van der Waals surface area contributed by atoms with Gasteiger partial charge in [-0.15, -0.1) is 0 Å². The van der Waals surface area contributed by atoms with Gasteiger partial charge in [0.2, 0.25) is 0 Å². The molecule has 3 N–H and O–H groups in total. The van der Waals surface area contributed by atoms with Crippen LogP contribution in [0.25, 0.3) is 0 Å². The Balaban J connectivity index is -0.000000126. The van der Waals surface area contributed by atoms with Gasteiger partial charge >= 0.3 is 7.82 Å². The van der Waals surface area contributed by atoms with Crippen molar-refractivity contribution in [3.63, 3.8) is 0 Å². The van der Waals surface area contributed by atoms with Crippen molar-refractivity contribution >= 4 is 7.82 Å². The van der Waals surface area contributed by atoms with Crippen molar-refractivity contribution in [3.05, 3.63) is 6.92 Å². The summed E-state index contributed by atoms with van der Waals surface area (Å²) in [4.78, 5) is 21.6. The fraction of sp³-hybridized carbons (Fsp3) is 0.833. The number of rotatable bonds is 3. The summed E-state index contributed by atoms with van der Waals surface area (Å²) in [6, 6.07) is 0. The summed E-state index contributed by atoms with van der Waals surface area (Å²) in [5.41, 5.74) is 0. The van der Waals surface area contributed by atoms with E-state index in [4.69, 9.17) is 19.2 Å².